The summed E-state index contributed by atoms with van der Waals surface area (Å²) in [6.07, 6.45) is 1.19. The molecule has 148 valence electrons. The van der Waals surface area contributed by atoms with Crippen LogP contribution in [0.2, 0.25) is 5.02 Å². The van der Waals surface area contributed by atoms with Gasteiger partial charge in [0.1, 0.15) is 6.26 Å². The Morgan fingerprint density at radius 3 is 2.38 bits per heavy atom. The average molecular weight is 415 g/mol. The summed E-state index contributed by atoms with van der Waals surface area (Å²) in [5.41, 5.74) is 0.777. The van der Waals surface area contributed by atoms with Gasteiger partial charge in [0.25, 0.3) is 5.91 Å². The highest BCUT2D eigenvalue weighted by Crippen LogP contribution is 2.27. The lowest BCUT2D eigenvalue weighted by molar-refractivity contribution is 0.0555. The number of amides is 1. The number of nitrogens with zero attached hydrogens (tertiary/aromatic N) is 1. The fourth-order valence-electron chi connectivity index (χ4n) is 2.52. The van der Waals surface area contributed by atoms with Crippen molar-refractivity contribution in [3.63, 3.8) is 0 Å². The molecule has 29 heavy (non-hydrogen) atoms. The van der Waals surface area contributed by atoms with Crippen molar-refractivity contribution in [3.8, 4) is 11.5 Å². The molecule has 1 amide bonds. The maximum Gasteiger partial charge on any atom is 0.338 e. The van der Waals surface area contributed by atoms with Gasteiger partial charge in [0.2, 0.25) is 5.89 Å². The molecule has 0 atom stereocenters. The Labute approximate surface area is 170 Å². The molecule has 0 bridgehead atoms. The van der Waals surface area contributed by atoms with Crippen LogP contribution in [0.1, 0.15) is 31.2 Å². The summed E-state index contributed by atoms with van der Waals surface area (Å²) in [7, 11) is 2.38. The van der Waals surface area contributed by atoms with E-state index in [1.807, 2.05) is 0 Å². The largest absolute Gasteiger partial charge is 0.465 e. The standard InChI is InChI=1S/C20H15ClN2O6/c1-27-19(25)12-8-7-11(9-14(12)20(26)28-2)22-17(24)16-10-29-18(23-16)13-5-3-4-6-15(13)21/h3-10H,1-2H3,(H,22,24). The number of anilines is 1. The lowest BCUT2D eigenvalue weighted by atomic mass is 10.1. The molecule has 0 spiro atoms. The SMILES string of the molecule is COC(=O)c1ccc(NC(=O)c2coc(-c3ccccc3Cl)n2)cc1C(=O)OC. The molecule has 0 aliphatic carbocycles. The van der Waals surface area contributed by atoms with Crippen molar-refractivity contribution in [1.82, 2.24) is 4.98 Å². The van der Waals surface area contributed by atoms with E-state index < -0.39 is 17.8 Å². The van der Waals surface area contributed by atoms with Crippen molar-refractivity contribution < 1.29 is 28.3 Å². The lowest BCUT2D eigenvalue weighted by Crippen LogP contribution is -2.15. The van der Waals surface area contributed by atoms with E-state index in [4.69, 9.17) is 16.0 Å². The Morgan fingerprint density at radius 2 is 1.69 bits per heavy atom. The van der Waals surface area contributed by atoms with Crippen LogP contribution in [0.5, 0.6) is 0 Å². The van der Waals surface area contributed by atoms with Crippen molar-refractivity contribution in [2.45, 2.75) is 0 Å². The molecular weight excluding hydrogens is 400 g/mol. The first-order valence-electron chi connectivity index (χ1n) is 8.27. The maximum absolute atomic E-state index is 12.5. The van der Waals surface area contributed by atoms with E-state index in [2.05, 4.69) is 19.8 Å². The summed E-state index contributed by atoms with van der Waals surface area (Å²) in [6, 6.07) is 11.0. The Morgan fingerprint density at radius 1 is 1.00 bits per heavy atom. The number of esters is 2. The number of carbonyl (C=O) groups is 3. The molecule has 0 fully saturated rings. The van der Waals surface area contributed by atoms with Gasteiger partial charge >= 0.3 is 11.9 Å². The molecular formula is C20H15ClN2O6. The summed E-state index contributed by atoms with van der Waals surface area (Å²) in [5.74, 6) is -1.83. The quantitative estimate of drug-likeness (QED) is 0.632. The molecule has 1 aromatic heterocycles. The molecule has 1 heterocycles. The third-order valence-electron chi connectivity index (χ3n) is 3.93. The monoisotopic (exact) mass is 414 g/mol. The Balaban J connectivity index is 1.85. The van der Waals surface area contributed by atoms with Crippen LogP contribution in [0.3, 0.4) is 0 Å². The third kappa shape index (κ3) is 4.27. The molecule has 0 aliphatic rings. The predicted molar refractivity (Wildman–Crippen MR) is 104 cm³/mol. The number of hydrogen-bond acceptors (Lipinski definition) is 7. The summed E-state index contributed by atoms with van der Waals surface area (Å²) in [4.78, 5) is 40.4. The van der Waals surface area contributed by atoms with Crippen LogP contribution in [-0.4, -0.2) is 37.0 Å². The van der Waals surface area contributed by atoms with Crippen molar-refractivity contribution in [2.75, 3.05) is 19.5 Å². The highest BCUT2D eigenvalue weighted by Gasteiger charge is 2.20. The fraction of sp³-hybridized carbons (Fsp3) is 0.100. The maximum atomic E-state index is 12.5. The normalized spacial score (nSPS) is 10.3. The number of nitrogens with one attached hydrogen (secondary N) is 1. The zero-order valence-corrected chi connectivity index (χ0v) is 16.1. The van der Waals surface area contributed by atoms with Crippen LogP contribution in [0, 0.1) is 0 Å². The Kier molecular flexibility index (Phi) is 5.94. The molecule has 3 rings (SSSR count). The van der Waals surface area contributed by atoms with E-state index >= 15 is 0 Å². The van der Waals surface area contributed by atoms with Crippen LogP contribution in [-0.2, 0) is 9.47 Å². The highest BCUT2D eigenvalue weighted by molar-refractivity contribution is 6.33. The summed E-state index contributed by atoms with van der Waals surface area (Å²) in [6.45, 7) is 0. The van der Waals surface area contributed by atoms with Crippen molar-refractivity contribution >= 4 is 35.1 Å². The van der Waals surface area contributed by atoms with Gasteiger partial charge in [-0.2, -0.15) is 0 Å². The smallest absolute Gasteiger partial charge is 0.338 e. The second-order valence-corrected chi connectivity index (χ2v) is 6.12. The number of hydrogen-bond donors (Lipinski definition) is 1. The van der Waals surface area contributed by atoms with Gasteiger partial charge in [-0.1, -0.05) is 23.7 Å². The molecule has 0 saturated carbocycles. The van der Waals surface area contributed by atoms with Crippen molar-refractivity contribution in [1.29, 1.82) is 0 Å². The molecule has 0 unspecified atom stereocenters. The van der Waals surface area contributed by atoms with Crippen molar-refractivity contribution in [3.05, 3.63) is 70.6 Å². The zero-order chi connectivity index (χ0) is 21.0. The first-order valence-corrected chi connectivity index (χ1v) is 8.65. The van der Waals surface area contributed by atoms with Gasteiger partial charge in [0, 0.05) is 5.69 Å². The molecule has 2 aromatic carbocycles. The van der Waals surface area contributed by atoms with Crippen LogP contribution < -0.4 is 5.32 Å². The van der Waals surface area contributed by atoms with E-state index in [-0.39, 0.29) is 28.4 Å². The Hall–Kier alpha value is -3.65. The summed E-state index contributed by atoms with van der Waals surface area (Å²) in [5, 5.41) is 3.02. The fourth-order valence-corrected chi connectivity index (χ4v) is 2.74. The minimum Gasteiger partial charge on any atom is -0.465 e. The van der Waals surface area contributed by atoms with Gasteiger partial charge in [-0.3, -0.25) is 4.79 Å². The van der Waals surface area contributed by atoms with E-state index in [1.165, 1.54) is 38.7 Å². The van der Waals surface area contributed by atoms with E-state index in [1.54, 1.807) is 24.3 Å². The van der Waals surface area contributed by atoms with E-state index in [0.29, 0.717) is 10.6 Å². The molecule has 0 radical (unpaired) electrons. The van der Waals surface area contributed by atoms with Crippen molar-refractivity contribution in [2.24, 2.45) is 0 Å². The van der Waals surface area contributed by atoms with Gasteiger partial charge in [-0.05, 0) is 30.3 Å². The second kappa shape index (κ2) is 8.57. The van der Waals surface area contributed by atoms with Gasteiger partial charge in [0.15, 0.2) is 5.69 Å². The minimum absolute atomic E-state index is 0.0107. The number of methoxy groups -OCH3 is 2. The lowest BCUT2D eigenvalue weighted by Gasteiger charge is -2.09. The number of aromatic nitrogens is 1. The van der Waals surface area contributed by atoms with Gasteiger partial charge < -0.3 is 19.2 Å². The first kappa shape index (κ1) is 20.1. The number of halogens is 1. The van der Waals surface area contributed by atoms with Crippen LogP contribution in [0.15, 0.2) is 53.1 Å². The molecule has 0 aliphatic heterocycles. The van der Waals surface area contributed by atoms with Gasteiger partial charge in [0.05, 0.1) is 35.9 Å². The van der Waals surface area contributed by atoms with Gasteiger partial charge in [-0.25, -0.2) is 14.6 Å². The van der Waals surface area contributed by atoms with Crippen LogP contribution in [0.4, 0.5) is 5.69 Å². The Bertz CT molecular complexity index is 1090. The van der Waals surface area contributed by atoms with Crippen LogP contribution in [0.25, 0.3) is 11.5 Å². The summed E-state index contributed by atoms with van der Waals surface area (Å²) < 4.78 is 14.7. The third-order valence-corrected chi connectivity index (χ3v) is 4.26. The molecule has 9 heteroatoms. The predicted octanol–water partition coefficient (Wildman–Crippen LogP) is 3.82. The van der Waals surface area contributed by atoms with E-state index in [0.717, 1.165) is 0 Å². The van der Waals surface area contributed by atoms with Gasteiger partial charge in [-0.15, -0.1) is 0 Å². The topological polar surface area (TPSA) is 108 Å². The number of carbonyl (C=O) groups excluding carboxylic acids is 3. The average Bonchev–Trinajstić information content (AvgIpc) is 3.23. The number of oxazole rings is 1. The number of rotatable bonds is 5. The van der Waals surface area contributed by atoms with Crippen LogP contribution >= 0.6 is 11.6 Å². The van der Waals surface area contributed by atoms with E-state index in [9.17, 15) is 14.4 Å². The second-order valence-electron chi connectivity index (χ2n) is 5.72. The summed E-state index contributed by atoms with van der Waals surface area (Å²) >= 11 is 6.11. The molecule has 3 aromatic rings. The molecule has 1 N–H and O–H groups in total. The number of ether oxygens (including phenoxy) is 2. The molecule has 0 saturated heterocycles. The number of benzene rings is 2. The highest BCUT2D eigenvalue weighted by atomic mass is 35.5. The minimum atomic E-state index is -0.746. The zero-order valence-electron chi connectivity index (χ0n) is 15.4. The first-order chi connectivity index (χ1) is 13.9. The molecule has 8 nitrogen and oxygen atoms in total.